The Labute approximate surface area is 178 Å². The first-order valence-corrected chi connectivity index (χ1v) is 11.1. The molecule has 156 valence electrons. The SMILES string of the molecule is CC(=O)N(c1ccc(Br)c(C)c1)C1CCCC(C(=O)OC(C)(C)C)C(C)CC1. The van der Waals surface area contributed by atoms with Crippen molar-refractivity contribution in [3.63, 3.8) is 0 Å². The van der Waals surface area contributed by atoms with E-state index in [1.807, 2.05) is 44.7 Å². The molecule has 1 aliphatic carbocycles. The number of rotatable bonds is 3. The summed E-state index contributed by atoms with van der Waals surface area (Å²) < 4.78 is 6.69. The van der Waals surface area contributed by atoms with Crippen molar-refractivity contribution in [1.29, 1.82) is 0 Å². The number of anilines is 1. The van der Waals surface area contributed by atoms with Gasteiger partial charge in [-0.2, -0.15) is 0 Å². The Morgan fingerprint density at radius 3 is 2.39 bits per heavy atom. The van der Waals surface area contributed by atoms with Crippen LogP contribution in [0.15, 0.2) is 22.7 Å². The first kappa shape index (κ1) is 22.9. The largest absolute Gasteiger partial charge is 0.460 e. The highest BCUT2D eigenvalue weighted by Crippen LogP contribution is 2.34. The van der Waals surface area contributed by atoms with E-state index in [-0.39, 0.29) is 29.8 Å². The van der Waals surface area contributed by atoms with E-state index in [1.54, 1.807) is 6.92 Å². The molecule has 0 saturated heterocycles. The van der Waals surface area contributed by atoms with Crippen LogP contribution in [0.5, 0.6) is 0 Å². The zero-order valence-electron chi connectivity index (χ0n) is 18.0. The Balaban J connectivity index is 2.13. The van der Waals surface area contributed by atoms with Gasteiger partial charge in [0.05, 0.1) is 5.92 Å². The minimum atomic E-state index is -0.452. The van der Waals surface area contributed by atoms with Crippen LogP contribution in [-0.2, 0) is 14.3 Å². The topological polar surface area (TPSA) is 46.6 Å². The number of esters is 1. The predicted octanol–water partition coefficient (Wildman–Crippen LogP) is 6.04. The maximum Gasteiger partial charge on any atom is 0.309 e. The standard InChI is InChI=1S/C23H34BrNO3/c1-15-10-11-18(8-7-9-20(15)22(27)28-23(4,5)6)25(17(3)26)19-12-13-21(24)16(2)14-19/h12-15,18,20H,7-11H2,1-6H3. The van der Waals surface area contributed by atoms with Crippen molar-refractivity contribution in [2.45, 2.75) is 85.3 Å². The molecule has 3 atom stereocenters. The van der Waals surface area contributed by atoms with Crippen LogP contribution in [0, 0.1) is 18.8 Å². The lowest BCUT2D eigenvalue weighted by atomic mass is 9.81. The third-order valence-electron chi connectivity index (χ3n) is 5.53. The zero-order chi connectivity index (χ0) is 21.1. The average Bonchev–Trinajstić information content (AvgIpc) is 2.55. The lowest BCUT2D eigenvalue weighted by Gasteiger charge is -2.36. The second-order valence-electron chi connectivity index (χ2n) is 9.10. The van der Waals surface area contributed by atoms with Gasteiger partial charge in [0.15, 0.2) is 0 Å². The minimum Gasteiger partial charge on any atom is -0.460 e. The summed E-state index contributed by atoms with van der Waals surface area (Å²) in [5.41, 5.74) is 1.62. The molecule has 2 rings (SSSR count). The van der Waals surface area contributed by atoms with E-state index in [9.17, 15) is 9.59 Å². The highest BCUT2D eigenvalue weighted by molar-refractivity contribution is 9.10. The predicted molar refractivity (Wildman–Crippen MR) is 117 cm³/mol. The molecule has 0 heterocycles. The Kier molecular flexibility index (Phi) is 7.72. The van der Waals surface area contributed by atoms with Gasteiger partial charge in [0, 0.05) is 23.1 Å². The van der Waals surface area contributed by atoms with Crippen molar-refractivity contribution in [2.75, 3.05) is 4.90 Å². The van der Waals surface area contributed by atoms with Gasteiger partial charge in [0.1, 0.15) is 5.60 Å². The number of halogens is 1. The molecule has 1 amide bonds. The Morgan fingerprint density at radius 1 is 1.14 bits per heavy atom. The molecule has 28 heavy (non-hydrogen) atoms. The monoisotopic (exact) mass is 451 g/mol. The molecule has 0 spiro atoms. The molecule has 0 aromatic heterocycles. The number of nitrogens with zero attached hydrogens (tertiary/aromatic N) is 1. The molecule has 5 heteroatoms. The third-order valence-corrected chi connectivity index (χ3v) is 6.42. The van der Waals surface area contributed by atoms with E-state index in [4.69, 9.17) is 4.74 Å². The van der Waals surface area contributed by atoms with Gasteiger partial charge >= 0.3 is 5.97 Å². The molecule has 1 saturated carbocycles. The molecule has 1 aromatic carbocycles. The second kappa shape index (κ2) is 9.43. The molecule has 0 N–H and O–H groups in total. The number of amides is 1. The van der Waals surface area contributed by atoms with Gasteiger partial charge in [-0.25, -0.2) is 0 Å². The van der Waals surface area contributed by atoms with Gasteiger partial charge < -0.3 is 9.64 Å². The summed E-state index contributed by atoms with van der Waals surface area (Å²) in [6, 6.07) is 6.24. The summed E-state index contributed by atoms with van der Waals surface area (Å²) >= 11 is 3.54. The number of aryl methyl sites for hydroxylation is 1. The molecule has 0 bridgehead atoms. The minimum absolute atomic E-state index is 0.0547. The van der Waals surface area contributed by atoms with Crippen molar-refractivity contribution < 1.29 is 14.3 Å². The van der Waals surface area contributed by atoms with Crippen LogP contribution in [0.1, 0.15) is 72.3 Å². The molecule has 1 aliphatic rings. The molecule has 3 unspecified atom stereocenters. The summed E-state index contributed by atoms with van der Waals surface area (Å²) in [5, 5.41) is 0. The number of ether oxygens (including phenoxy) is 1. The highest BCUT2D eigenvalue weighted by atomic mass is 79.9. The number of benzene rings is 1. The van der Waals surface area contributed by atoms with Gasteiger partial charge in [0.25, 0.3) is 0 Å². The first-order chi connectivity index (χ1) is 13.0. The van der Waals surface area contributed by atoms with E-state index in [0.29, 0.717) is 0 Å². The fourth-order valence-electron chi connectivity index (χ4n) is 4.07. The van der Waals surface area contributed by atoms with Crippen molar-refractivity contribution in [3.05, 3.63) is 28.2 Å². The normalized spacial score (nSPS) is 23.5. The molecular formula is C23H34BrNO3. The van der Waals surface area contributed by atoms with E-state index in [0.717, 1.165) is 47.8 Å². The van der Waals surface area contributed by atoms with Crippen LogP contribution >= 0.6 is 15.9 Å². The Morgan fingerprint density at radius 2 is 1.82 bits per heavy atom. The van der Waals surface area contributed by atoms with Crippen molar-refractivity contribution >= 4 is 33.5 Å². The maximum absolute atomic E-state index is 12.6. The lowest BCUT2D eigenvalue weighted by molar-refractivity contribution is -0.162. The molecule has 0 aliphatic heterocycles. The van der Waals surface area contributed by atoms with E-state index in [2.05, 4.69) is 28.9 Å². The highest BCUT2D eigenvalue weighted by Gasteiger charge is 2.33. The summed E-state index contributed by atoms with van der Waals surface area (Å²) in [7, 11) is 0. The van der Waals surface area contributed by atoms with E-state index in [1.165, 1.54) is 0 Å². The van der Waals surface area contributed by atoms with Crippen LogP contribution in [0.2, 0.25) is 0 Å². The van der Waals surface area contributed by atoms with Crippen LogP contribution in [-0.4, -0.2) is 23.5 Å². The van der Waals surface area contributed by atoms with E-state index < -0.39 is 5.60 Å². The van der Waals surface area contributed by atoms with E-state index >= 15 is 0 Å². The lowest BCUT2D eigenvalue weighted by Crippen LogP contribution is -2.41. The Bertz CT molecular complexity index is 710. The molecule has 1 aromatic rings. The van der Waals surface area contributed by atoms with Crippen LogP contribution < -0.4 is 4.90 Å². The number of carbonyl (C=O) groups is 2. The average molecular weight is 452 g/mol. The summed E-state index contributed by atoms with van der Waals surface area (Å²) in [5.74, 6) is 0.188. The molecule has 1 fully saturated rings. The van der Waals surface area contributed by atoms with Crippen molar-refractivity contribution in [2.24, 2.45) is 11.8 Å². The van der Waals surface area contributed by atoms with Gasteiger partial charge in [-0.1, -0.05) is 29.3 Å². The first-order valence-electron chi connectivity index (χ1n) is 10.3. The summed E-state index contributed by atoms with van der Waals surface area (Å²) in [6.07, 6.45) is 4.44. The Hall–Kier alpha value is -1.36. The molecule has 4 nitrogen and oxygen atoms in total. The number of hydrogen-bond donors (Lipinski definition) is 0. The quantitative estimate of drug-likeness (QED) is 0.526. The zero-order valence-corrected chi connectivity index (χ0v) is 19.6. The number of hydrogen-bond acceptors (Lipinski definition) is 3. The van der Waals surface area contributed by atoms with Gasteiger partial charge in [-0.05, 0) is 83.1 Å². The second-order valence-corrected chi connectivity index (χ2v) is 9.96. The number of carbonyl (C=O) groups excluding carboxylic acids is 2. The maximum atomic E-state index is 12.6. The fourth-order valence-corrected chi connectivity index (χ4v) is 4.32. The summed E-state index contributed by atoms with van der Waals surface area (Å²) in [6.45, 7) is 11.6. The van der Waals surface area contributed by atoms with Crippen molar-refractivity contribution in [1.82, 2.24) is 0 Å². The molecular weight excluding hydrogens is 418 g/mol. The van der Waals surface area contributed by atoms with Gasteiger partial charge in [0.2, 0.25) is 5.91 Å². The summed E-state index contributed by atoms with van der Waals surface area (Å²) in [4.78, 5) is 27.0. The van der Waals surface area contributed by atoms with Crippen molar-refractivity contribution in [3.8, 4) is 0 Å². The van der Waals surface area contributed by atoms with Gasteiger partial charge in [-0.3, -0.25) is 9.59 Å². The van der Waals surface area contributed by atoms with Crippen LogP contribution in [0.4, 0.5) is 5.69 Å². The molecule has 0 radical (unpaired) electrons. The third kappa shape index (κ3) is 6.07. The van der Waals surface area contributed by atoms with Crippen LogP contribution in [0.25, 0.3) is 0 Å². The van der Waals surface area contributed by atoms with Crippen LogP contribution in [0.3, 0.4) is 0 Å². The van der Waals surface area contributed by atoms with Gasteiger partial charge in [-0.15, -0.1) is 0 Å². The smallest absolute Gasteiger partial charge is 0.309 e. The fraction of sp³-hybridized carbons (Fsp3) is 0.652.